The molecule has 1 aliphatic carbocycles. The molecule has 0 bridgehead atoms. The fourth-order valence-corrected chi connectivity index (χ4v) is 10.4. The van der Waals surface area contributed by atoms with Gasteiger partial charge in [-0.25, -0.2) is 0 Å². The highest BCUT2D eigenvalue weighted by Gasteiger charge is 2.40. The van der Waals surface area contributed by atoms with Crippen LogP contribution in [0.1, 0.15) is 25.0 Å². The second kappa shape index (κ2) is 9.69. The molecule has 0 atom stereocenters. The van der Waals surface area contributed by atoms with Gasteiger partial charge in [0.15, 0.2) is 0 Å². The maximum absolute atomic E-state index is 6.81. The maximum atomic E-state index is 6.81. The maximum Gasteiger partial charge on any atom is 0.144 e. The molecule has 0 saturated heterocycles. The molecule has 0 N–H and O–H groups in total. The summed E-state index contributed by atoms with van der Waals surface area (Å²) >= 11 is 1.94. The minimum Gasteiger partial charge on any atom is -0.455 e. The lowest BCUT2D eigenvalue weighted by Crippen LogP contribution is -2.15. The molecule has 8 aromatic carbocycles. The molecule has 0 spiro atoms. The highest BCUT2D eigenvalue weighted by Crippen LogP contribution is 2.58. The molecule has 10 aromatic rings. The van der Waals surface area contributed by atoms with E-state index in [4.69, 9.17) is 4.42 Å². The summed E-state index contributed by atoms with van der Waals surface area (Å²) in [5.74, 6) is 0. The van der Waals surface area contributed by atoms with E-state index in [9.17, 15) is 0 Å². The SMILES string of the molecule is CC1(C)c2ccccc2-c2c1c1sc3cc(-c4c5ccccc5c(-c5ccccc5)c5ccccc45)ccc3c1c1c2oc2ccccc21. The Morgan fingerprint density at radius 1 is 0.490 bits per heavy atom. The van der Waals surface area contributed by atoms with E-state index in [0.717, 1.165) is 11.2 Å². The summed E-state index contributed by atoms with van der Waals surface area (Å²) < 4.78 is 9.49. The Bertz CT molecular complexity index is 2950. The van der Waals surface area contributed by atoms with Gasteiger partial charge in [0.05, 0.1) is 0 Å². The molecule has 0 unspecified atom stereocenters. The molecule has 11 rings (SSSR count). The van der Waals surface area contributed by atoms with Gasteiger partial charge in [-0.2, -0.15) is 0 Å². The van der Waals surface area contributed by atoms with Crippen molar-refractivity contribution in [1.82, 2.24) is 0 Å². The number of hydrogen-bond donors (Lipinski definition) is 0. The first-order valence-electron chi connectivity index (χ1n) is 17.0. The van der Waals surface area contributed by atoms with Crippen LogP contribution in [0.25, 0.3) is 97.0 Å². The Hall–Kier alpha value is -5.70. The number of fused-ring (bicyclic) bond motifs is 14. The van der Waals surface area contributed by atoms with Crippen molar-refractivity contribution in [2.75, 3.05) is 0 Å². The zero-order valence-electron chi connectivity index (χ0n) is 27.2. The molecule has 0 aliphatic heterocycles. The highest BCUT2D eigenvalue weighted by molar-refractivity contribution is 7.26. The molecule has 0 saturated carbocycles. The second-order valence-electron chi connectivity index (χ2n) is 13.9. The number of para-hydroxylation sites is 1. The number of rotatable bonds is 2. The number of hydrogen-bond acceptors (Lipinski definition) is 2. The lowest BCUT2D eigenvalue weighted by molar-refractivity contribution is 0.658. The third-order valence-corrected chi connectivity index (χ3v) is 12.2. The summed E-state index contributed by atoms with van der Waals surface area (Å²) in [5, 5.41) is 10.2. The Kier molecular flexibility index (Phi) is 5.39. The third kappa shape index (κ3) is 3.54. The molecular weight excluding hydrogens is 613 g/mol. The molecule has 0 amide bonds. The van der Waals surface area contributed by atoms with Crippen molar-refractivity contribution < 1.29 is 4.42 Å². The van der Waals surface area contributed by atoms with E-state index in [0.29, 0.717) is 0 Å². The first-order chi connectivity index (χ1) is 24.1. The van der Waals surface area contributed by atoms with E-state index in [-0.39, 0.29) is 5.41 Å². The summed E-state index contributed by atoms with van der Waals surface area (Å²) in [5.41, 5.74) is 12.2. The van der Waals surface area contributed by atoms with Gasteiger partial charge >= 0.3 is 0 Å². The molecule has 2 aromatic heterocycles. The normalized spacial score (nSPS) is 13.7. The molecule has 49 heavy (non-hydrogen) atoms. The molecule has 2 heterocycles. The quantitative estimate of drug-likeness (QED) is 0.171. The summed E-state index contributed by atoms with van der Waals surface area (Å²) in [7, 11) is 0. The van der Waals surface area contributed by atoms with Crippen molar-refractivity contribution >= 4 is 75.0 Å². The van der Waals surface area contributed by atoms with E-state index in [1.54, 1.807) is 0 Å². The monoisotopic (exact) mass is 642 g/mol. The Balaban J connectivity index is 1.27. The zero-order valence-corrected chi connectivity index (χ0v) is 28.0. The molecule has 2 heteroatoms. The van der Waals surface area contributed by atoms with E-state index >= 15 is 0 Å². The van der Waals surface area contributed by atoms with Gasteiger partial charge in [-0.05, 0) is 72.6 Å². The number of furan rings is 1. The minimum atomic E-state index is -0.152. The third-order valence-electron chi connectivity index (χ3n) is 11.0. The van der Waals surface area contributed by atoms with Crippen LogP contribution in [0.3, 0.4) is 0 Å². The van der Waals surface area contributed by atoms with Crippen LogP contribution >= 0.6 is 11.3 Å². The van der Waals surface area contributed by atoms with Crippen LogP contribution in [0.2, 0.25) is 0 Å². The molecule has 1 aliphatic rings. The Labute approximate surface area is 287 Å². The average Bonchev–Trinajstić information content (AvgIpc) is 3.78. The predicted octanol–water partition coefficient (Wildman–Crippen LogP) is 13.9. The first-order valence-corrected chi connectivity index (χ1v) is 17.8. The minimum absolute atomic E-state index is 0.152. The summed E-state index contributed by atoms with van der Waals surface area (Å²) in [6, 6.07) is 53.4. The van der Waals surface area contributed by atoms with Crippen LogP contribution < -0.4 is 0 Å². The predicted molar refractivity (Wildman–Crippen MR) is 210 cm³/mol. The lowest BCUT2D eigenvalue weighted by atomic mass is 9.81. The second-order valence-corrected chi connectivity index (χ2v) is 15.0. The van der Waals surface area contributed by atoms with Crippen LogP contribution in [-0.2, 0) is 5.41 Å². The van der Waals surface area contributed by atoms with Gasteiger partial charge in [-0.3, -0.25) is 0 Å². The Morgan fingerprint density at radius 2 is 1.08 bits per heavy atom. The molecule has 1 nitrogen and oxygen atoms in total. The zero-order chi connectivity index (χ0) is 32.4. The Morgan fingerprint density at radius 3 is 1.80 bits per heavy atom. The van der Waals surface area contributed by atoms with Crippen LogP contribution in [0, 0.1) is 0 Å². The van der Waals surface area contributed by atoms with Gasteiger partial charge in [-0.1, -0.05) is 147 Å². The van der Waals surface area contributed by atoms with Crippen molar-refractivity contribution in [1.29, 1.82) is 0 Å². The van der Waals surface area contributed by atoms with Gasteiger partial charge in [-0.15, -0.1) is 11.3 Å². The fraction of sp³-hybridized carbons (Fsp3) is 0.0638. The highest BCUT2D eigenvalue weighted by atomic mass is 32.1. The van der Waals surface area contributed by atoms with E-state index < -0.39 is 0 Å². The number of benzene rings is 8. The molecule has 0 radical (unpaired) electrons. The summed E-state index contributed by atoms with van der Waals surface area (Å²) in [6.45, 7) is 4.77. The molecular formula is C47H30OS. The van der Waals surface area contributed by atoms with Gasteiger partial charge in [0.25, 0.3) is 0 Å². The average molecular weight is 643 g/mol. The van der Waals surface area contributed by atoms with Gasteiger partial charge in [0.2, 0.25) is 0 Å². The van der Waals surface area contributed by atoms with Crippen LogP contribution in [0.15, 0.2) is 150 Å². The largest absolute Gasteiger partial charge is 0.455 e. The van der Waals surface area contributed by atoms with Gasteiger partial charge in [0, 0.05) is 41.9 Å². The van der Waals surface area contributed by atoms with Gasteiger partial charge in [0.1, 0.15) is 11.2 Å². The first kappa shape index (κ1) is 27.3. The van der Waals surface area contributed by atoms with Crippen LogP contribution in [0.4, 0.5) is 0 Å². The topological polar surface area (TPSA) is 13.1 Å². The van der Waals surface area contributed by atoms with Crippen LogP contribution in [-0.4, -0.2) is 0 Å². The summed E-state index contributed by atoms with van der Waals surface area (Å²) in [6.07, 6.45) is 0. The standard InChI is InChI=1S/C47H30OS/c1-47(2)36-22-12-10-20-33(36)43-44(47)46-42(41-34-21-11-13-23-37(34)48-45(41)43)35-25-24-28(26-38(35)49-46)40-31-18-8-6-16-29(31)39(27-14-4-3-5-15-27)30-17-7-9-19-32(30)40/h3-26H,1-2H3. The van der Waals surface area contributed by atoms with Gasteiger partial charge < -0.3 is 4.42 Å². The van der Waals surface area contributed by atoms with Crippen LogP contribution in [0.5, 0.6) is 0 Å². The van der Waals surface area contributed by atoms with Crippen molar-refractivity contribution in [3.63, 3.8) is 0 Å². The number of thiophene rings is 1. The molecule has 0 fully saturated rings. The summed E-state index contributed by atoms with van der Waals surface area (Å²) in [4.78, 5) is 0. The fourth-order valence-electron chi connectivity index (χ4n) is 8.96. The molecule has 230 valence electrons. The van der Waals surface area contributed by atoms with Crippen molar-refractivity contribution in [3.05, 3.63) is 157 Å². The lowest BCUT2D eigenvalue weighted by Gasteiger charge is -2.22. The van der Waals surface area contributed by atoms with Crippen molar-refractivity contribution in [3.8, 4) is 33.4 Å². The van der Waals surface area contributed by atoms with E-state index in [1.165, 1.54) is 97.0 Å². The van der Waals surface area contributed by atoms with Crippen molar-refractivity contribution in [2.24, 2.45) is 0 Å². The van der Waals surface area contributed by atoms with E-state index in [2.05, 4.69) is 159 Å². The van der Waals surface area contributed by atoms with Crippen molar-refractivity contribution in [2.45, 2.75) is 19.3 Å². The van der Waals surface area contributed by atoms with E-state index in [1.807, 2.05) is 11.3 Å². The smallest absolute Gasteiger partial charge is 0.144 e.